The minimum absolute atomic E-state index is 0.560. The maximum absolute atomic E-state index is 4.63. The summed E-state index contributed by atoms with van der Waals surface area (Å²) in [4.78, 5) is 13.2. The fraction of sp³-hybridized carbons (Fsp3) is 0. The summed E-state index contributed by atoms with van der Waals surface area (Å²) in [6.45, 7) is 0. The second kappa shape index (κ2) is 7.63. The van der Waals surface area contributed by atoms with Gasteiger partial charge in [-0.1, -0.05) is 48.5 Å². The molecule has 0 aliphatic rings. The summed E-state index contributed by atoms with van der Waals surface area (Å²) in [7, 11) is 0. The van der Waals surface area contributed by atoms with E-state index < -0.39 is 0 Å². The van der Waals surface area contributed by atoms with E-state index in [0.717, 1.165) is 38.9 Å². The first kappa shape index (κ1) is 18.3. The summed E-state index contributed by atoms with van der Waals surface area (Å²) in [5.74, 6) is 0.560. The highest BCUT2D eigenvalue weighted by atomic mass is 15.1. The van der Waals surface area contributed by atoms with Crippen molar-refractivity contribution in [3.63, 3.8) is 0 Å². The quantitative estimate of drug-likeness (QED) is 0.364. The van der Waals surface area contributed by atoms with Gasteiger partial charge < -0.3 is 9.88 Å². The van der Waals surface area contributed by atoms with E-state index in [-0.39, 0.29) is 0 Å². The van der Waals surface area contributed by atoms with Crippen molar-refractivity contribution in [2.75, 3.05) is 5.32 Å². The molecule has 0 unspecified atom stereocenters. The predicted molar refractivity (Wildman–Crippen MR) is 129 cm³/mol. The van der Waals surface area contributed by atoms with Gasteiger partial charge >= 0.3 is 0 Å². The Kier molecular flexibility index (Phi) is 4.36. The van der Waals surface area contributed by atoms with Crippen LogP contribution in [-0.2, 0) is 0 Å². The van der Waals surface area contributed by atoms with E-state index in [1.54, 1.807) is 18.6 Å². The van der Waals surface area contributed by atoms with Crippen LogP contribution in [0, 0.1) is 0 Å². The van der Waals surface area contributed by atoms with Crippen molar-refractivity contribution < 1.29 is 0 Å². The van der Waals surface area contributed by atoms with E-state index in [4.69, 9.17) is 0 Å². The van der Waals surface area contributed by atoms with E-state index >= 15 is 0 Å². The Bertz CT molecular complexity index is 1550. The van der Waals surface area contributed by atoms with E-state index in [1.807, 2.05) is 24.3 Å². The molecule has 3 aromatic heterocycles. The zero-order chi connectivity index (χ0) is 21.3. The standard InChI is InChI=1S/C27H19N5/c1-2-6-22(7-3-1)32-15-13-19-10-11-20(16-26(19)32)23-8-4-5-9-25(23)31-27-29-18-21-17-28-14-12-24(21)30-27/h1-18H,(H,29,30,31). The van der Waals surface area contributed by atoms with Gasteiger partial charge in [0.1, 0.15) is 0 Å². The number of rotatable bonds is 4. The SMILES string of the molecule is c1ccc(-n2ccc3ccc(-c4ccccc4Nc4ncc5cnccc5n4)cc32)cc1. The Morgan fingerprint density at radius 1 is 0.750 bits per heavy atom. The second-order valence-electron chi connectivity index (χ2n) is 7.59. The fourth-order valence-corrected chi connectivity index (χ4v) is 4.01. The number of benzene rings is 3. The van der Waals surface area contributed by atoms with E-state index in [0.29, 0.717) is 5.95 Å². The van der Waals surface area contributed by atoms with Gasteiger partial charge in [-0.15, -0.1) is 0 Å². The smallest absolute Gasteiger partial charge is 0.227 e. The number of pyridine rings is 1. The third-order valence-corrected chi connectivity index (χ3v) is 5.59. The predicted octanol–water partition coefficient (Wildman–Crippen LogP) is 6.38. The Morgan fingerprint density at radius 3 is 2.56 bits per heavy atom. The van der Waals surface area contributed by atoms with Crippen LogP contribution in [0.2, 0.25) is 0 Å². The summed E-state index contributed by atoms with van der Waals surface area (Å²) in [6.07, 6.45) is 7.42. The van der Waals surface area contributed by atoms with Crippen molar-refractivity contribution in [1.82, 2.24) is 19.5 Å². The van der Waals surface area contributed by atoms with Gasteiger partial charge in [0.25, 0.3) is 0 Å². The Morgan fingerprint density at radius 2 is 1.62 bits per heavy atom. The van der Waals surface area contributed by atoms with Crippen LogP contribution in [0.3, 0.4) is 0 Å². The molecule has 0 fully saturated rings. The fourth-order valence-electron chi connectivity index (χ4n) is 4.01. The van der Waals surface area contributed by atoms with Crippen molar-refractivity contribution in [3.8, 4) is 16.8 Å². The minimum Gasteiger partial charge on any atom is -0.324 e. The largest absolute Gasteiger partial charge is 0.324 e. The summed E-state index contributed by atoms with van der Waals surface area (Å²) in [5, 5.41) is 5.52. The number of nitrogens with one attached hydrogen (secondary N) is 1. The molecule has 0 saturated carbocycles. The van der Waals surface area contributed by atoms with Crippen molar-refractivity contribution in [3.05, 3.63) is 110 Å². The molecule has 0 aliphatic carbocycles. The molecule has 0 atom stereocenters. The topological polar surface area (TPSA) is 55.6 Å². The molecule has 0 aliphatic heterocycles. The molecular weight excluding hydrogens is 394 g/mol. The van der Waals surface area contributed by atoms with Crippen LogP contribution >= 0.6 is 0 Å². The third kappa shape index (κ3) is 3.26. The lowest BCUT2D eigenvalue weighted by Crippen LogP contribution is -1.99. The number of hydrogen-bond donors (Lipinski definition) is 1. The molecule has 0 saturated heterocycles. The Labute approximate surface area is 185 Å². The normalized spacial score (nSPS) is 11.1. The maximum Gasteiger partial charge on any atom is 0.227 e. The highest BCUT2D eigenvalue weighted by Crippen LogP contribution is 2.32. The van der Waals surface area contributed by atoms with Crippen LogP contribution < -0.4 is 5.32 Å². The zero-order valence-corrected chi connectivity index (χ0v) is 17.2. The van der Waals surface area contributed by atoms with Crippen LogP contribution in [0.15, 0.2) is 110 Å². The molecule has 6 aromatic rings. The lowest BCUT2D eigenvalue weighted by atomic mass is 10.0. The molecule has 152 valence electrons. The molecule has 32 heavy (non-hydrogen) atoms. The number of nitrogens with zero attached hydrogens (tertiary/aromatic N) is 4. The van der Waals surface area contributed by atoms with Crippen LogP contribution in [0.4, 0.5) is 11.6 Å². The van der Waals surface area contributed by atoms with Gasteiger partial charge in [0.05, 0.1) is 11.0 Å². The first-order valence-electron chi connectivity index (χ1n) is 10.4. The van der Waals surface area contributed by atoms with Gasteiger partial charge in [-0.3, -0.25) is 4.98 Å². The summed E-state index contributed by atoms with van der Waals surface area (Å²) < 4.78 is 2.22. The van der Waals surface area contributed by atoms with Crippen LogP contribution in [0.5, 0.6) is 0 Å². The highest BCUT2D eigenvalue weighted by Gasteiger charge is 2.10. The molecule has 3 aromatic carbocycles. The number of aromatic nitrogens is 4. The van der Waals surface area contributed by atoms with E-state index in [2.05, 4.69) is 91.7 Å². The highest BCUT2D eigenvalue weighted by molar-refractivity contribution is 5.90. The summed E-state index contributed by atoms with van der Waals surface area (Å²) in [5.41, 5.74) is 6.34. The minimum atomic E-state index is 0.560. The van der Waals surface area contributed by atoms with E-state index in [1.165, 1.54) is 5.39 Å². The van der Waals surface area contributed by atoms with Gasteiger partial charge in [0.2, 0.25) is 5.95 Å². The average Bonchev–Trinajstić information content (AvgIpc) is 3.28. The first-order valence-corrected chi connectivity index (χ1v) is 10.4. The molecule has 3 heterocycles. The summed E-state index contributed by atoms with van der Waals surface area (Å²) >= 11 is 0. The van der Waals surface area contributed by atoms with Gasteiger partial charge in [-0.25, -0.2) is 9.97 Å². The monoisotopic (exact) mass is 413 g/mol. The van der Waals surface area contributed by atoms with Gasteiger partial charge in [-0.2, -0.15) is 0 Å². The number of anilines is 2. The van der Waals surface area contributed by atoms with Crippen LogP contribution in [-0.4, -0.2) is 19.5 Å². The van der Waals surface area contributed by atoms with Crippen molar-refractivity contribution >= 4 is 33.4 Å². The zero-order valence-electron chi connectivity index (χ0n) is 17.2. The van der Waals surface area contributed by atoms with Crippen LogP contribution in [0.25, 0.3) is 38.6 Å². The van der Waals surface area contributed by atoms with Crippen molar-refractivity contribution in [2.45, 2.75) is 0 Å². The van der Waals surface area contributed by atoms with Crippen LogP contribution in [0.1, 0.15) is 0 Å². The third-order valence-electron chi connectivity index (χ3n) is 5.59. The molecular formula is C27H19N5. The molecule has 0 spiro atoms. The first-order chi connectivity index (χ1) is 15.8. The molecule has 6 rings (SSSR count). The molecule has 5 heteroatoms. The number of fused-ring (bicyclic) bond motifs is 2. The molecule has 0 amide bonds. The molecule has 1 N–H and O–H groups in total. The lowest BCUT2D eigenvalue weighted by molar-refractivity contribution is 1.13. The van der Waals surface area contributed by atoms with Crippen molar-refractivity contribution in [1.29, 1.82) is 0 Å². The second-order valence-corrected chi connectivity index (χ2v) is 7.59. The Hall–Kier alpha value is -4.51. The molecule has 0 bridgehead atoms. The maximum atomic E-state index is 4.63. The summed E-state index contributed by atoms with van der Waals surface area (Å²) in [6, 6.07) is 29.2. The average molecular weight is 413 g/mol. The van der Waals surface area contributed by atoms with Crippen molar-refractivity contribution in [2.24, 2.45) is 0 Å². The van der Waals surface area contributed by atoms with Gasteiger partial charge in [-0.05, 0) is 47.3 Å². The lowest BCUT2D eigenvalue weighted by Gasteiger charge is -2.12. The molecule has 5 nitrogen and oxygen atoms in total. The number of hydrogen-bond acceptors (Lipinski definition) is 4. The van der Waals surface area contributed by atoms with E-state index in [9.17, 15) is 0 Å². The van der Waals surface area contributed by atoms with Gasteiger partial charge in [0.15, 0.2) is 0 Å². The Balaban J connectivity index is 1.42. The van der Waals surface area contributed by atoms with Gasteiger partial charge in [0, 0.05) is 47.1 Å². The number of para-hydroxylation sites is 2. The molecule has 0 radical (unpaired) electrons.